The molecule has 0 atom stereocenters. The fourth-order valence-corrected chi connectivity index (χ4v) is 5.40. The molecule has 3 aromatic rings. The molecule has 6 nitrogen and oxygen atoms in total. The van der Waals surface area contributed by atoms with Gasteiger partial charge in [-0.25, -0.2) is 9.67 Å². The topological polar surface area (TPSA) is 54.3 Å². The van der Waals surface area contributed by atoms with E-state index in [1.54, 1.807) is 23.0 Å². The zero-order valence-electron chi connectivity index (χ0n) is 15.4. The van der Waals surface area contributed by atoms with Gasteiger partial charge in [0.15, 0.2) is 8.29 Å². The number of amides is 1. The summed E-state index contributed by atoms with van der Waals surface area (Å²) in [5.74, 6) is 1.43. The average Bonchev–Trinajstić information content (AvgIpc) is 3.14. The second-order valence-corrected chi connectivity index (χ2v) is 9.65. The Hall–Kier alpha value is -1.94. The summed E-state index contributed by atoms with van der Waals surface area (Å²) < 4.78 is 3.13. The van der Waals surface area contributed by atoms with Crippen LogP contribution in [-0.2, 0) is 4.79 Å². The molecule has 0 spiro atoms. The molecule has 2 aromatic heterocycles. The van der Waals surface area contributed by atoms with Crippen LogP contribution in [0, 0.1) is 3.95 Å². The highest BCUT2D eigenvalue weighted by molar-refractivity contribution is 8.01. The van der Waals surface area contributed by atoms with Crippen LogP contribution in [0.15, 0.2) is 53.0 Å². The Morgan fingerprint density at radius 2 is 1.90 bits per heavy atom. The quantitative estimate of drug-likeness (QED) is 0.418. The fraction of sp³-hybridized carbons (Fsp3) is 0.263. The highest BCUT2D eigenvalue weighted by Crippen LogP contribution is 2.25. The number of hydrogen-bond donors (Lipinski definition) is 0. The van der Waals surface area contributed by atoms with Gasteiger partial charge in [0.2, 0.25) is 5.91 Å². The zero-order valence-corrected chi connectivity index (χ0v) is 18.6. The first kappa shape index (κ1) is 20.3. The number of piperazine rings is 1. The second kappa shape index (κ2) is 9.25. The molecular formula is C19H18ClN5OS3. The summed E-state index contributed by atoms with van der Waals surface area (Å²) >= 11 is 14.2. The smallest absolute Gasteiger partial charge is 0.233 e. The molecule has 1 aliphatic rings. The summed E-state index contributed by atoms with van der Waals surface area (Å²) in [6.07, 6.45) is 1.79. The van der Waals surface area contributed by atoms with E-state index in [-0.39, 0.29) is 5.91 Å². The van der Waals surface area contributed by atoms with E-state index >= 15 is 0 Å². The van der Waals surface area contributed by atoms with E-state index in [1.165, 1.54) is 23.1 Å². The normalized spacial score (nSPS) is 14.2. The molecule has 0 N–H and O–H groups in total. The van der Waals surface area contributed by atoms with Crippen LogP contribution >= 0.6 is 46.9 Å². The maximum absolute atomic E-state index is 12.6. The maximum Gasteiger partial charge on any atom is 0.233 e. The second-order valence-electron chi connectivity index (χ2n) is 6.37. The fourth-order valence-electron chi connectivity index (χ4n) is 3.01. The first-order valence-corrected chi connectivity index (χ1v) is 11.6. The number of anilines is 1. The van der Waals surface area contributed by atoms with Gasteiger partial charge in [0.25, 0.3) is 0 Å². The third-order valence-corrected chi connectivity index (χ3v) is 7.13. The Balaban J connectivity index is 1.32. The molecule has 29 heavy (non-hydrogen) atoms. The highest BCUT2D eigenvalue weighted by atomic mass is 35.5. The summed E-state index contributed by atoms with van der Waals surface area (Å²) in [5, 5.41) is 5.21. The number of aromatic nitrogens is 3. The third kappa shape index (κ3) is 4.98. The van der Waals surface area contributed by atoms with Crippen LogP contribution in [0.2, 0.25) is 5.02 Å². The standard InChI is InChI=1S/C19H18ClN5OS3/c20-14-4-6-15(7-5-14)25-19(27)29-18(22-25)28-13-17(26)24-11-9-23(10-12-24)16-3-1-2-8-21-16/h1-8H,9-13H2. The molecule has 1 amide bonds. The molecule has 0 bridgehead atoms. The van der Waals surface area contributed by atoms with Gasteiger partial charge in [-0.1, -0.05) is 40.8 Å². The van der Waals surface area contributed by atoms with Crippen LogP contribution in [0.1, 0.15) is 0 Å². The first-order valence-electron chi connectivity index (χ1n) is 9.03. The number of hydrogen-bond acceptors (Lipinski definition) is 7. The van der Waals surface area contributed by atoms with E-state index in [2.05, 4.69) is 15.0 Å². The summed E-state index contributed by atoms with van der Waals surface area (Å²) in [7, 11) is 0. The molecule has 1 fully saturated rings. The van der Waals surface area contributed by atoms with Crippen LogP contribution in [0.25, 0.3) is 5.69 Å². The molecule has 10 heteroatoms. The number of halogens is 1. The number of rotatable bonds is 5. The van der Waals surface area contributed by atoms with Gasteiger partial charge >= 0.3 is 0 Å². The predicted molar refractivity (Wildman–Crippen MR) is 121 cm³/mol. The monoisotopic (exact) mass is 463 g/mol. The largest absolute Gasteiger partial charge is 0.353 e. The van der Waals surface area contributed by atoms with Crippen molar-refractivity contribution in [2.24, 2.45) is 0 Å². The molecule has 0 aliphatic carbocycles. The van der Waals surface area contributed by atoms with Gasteiger partial charge < -0.3 is 9.80 Å². The van der Waals surface area contributed by atoms with Crippen molar-refractivity contribution < 1.29 is 4.79 Å². The van der Waals surface area contributed by atoms with E-state index in [1.807, 2.05) is 35.2 Å². The van der Waals surface area contributed by atoms with Crippen molar-refractivity contribution in [3.05, 3.63) is 57.6 Å². The van der Waals surface area contributed by atoms with Crippen molar-refractivity contribution in [1.82, 2.24) is 19.7 Å². The van der Waals surface area contributed by atoms with E-state index in [0.29, 0.717) is 27.8 Å². The van der Waals surface area contributed by atoms with Gasteiger partial charge in [-0.3, -0.25) is 4.79 Å². The van der Waals surface area contributed by atoms with E-state index in [4.69, 9.17) is 23.8 Å². The Bertz CT molecular complexity index is 1030. The van der Waals surface area contributed by atoms with Crippen molar-refractivity contribution in [1.29, 1.82) is 0 Å². The lowest BCUT2D eigenvalue weighted by Gasteiger charge is -2.35. The molecule has 0 unspecified atom stereocenters. The molecule has 1 saturated heterocycles. The van der Waals surface area contributed by atoms with Crippen molar-refractivity contribution in [3.63, 3.8) is 0 Å². The Kier molecular flexibility index (Phi) is 6.49. The van der Waals surface area contributed by atoms with Crippen molar-refractivity contribution in [2.45, 2.75) is 4.34 Å². The molecule has 4 rings (SSSR count). The number of carbonyl (C=O) groups is 1. The number of carbonyl (C=O) groups excluding carboxylic acids is 1. The first-order chi connectivity index (χ1) is 14.1. The van der Waals surface area contributed by atoms with E-state index in [0.717, 1.165) is 28.9 Å². The Morgan fingerprint density at radius 1 is 1.14 bits per heavy atom. The third-order valence-electron chi connectivity index (χ3n) is 4.53. The van der Waals surface area contributed by atoms with E-state index < -0.39 is 0 Å². The minimum absolute atomic E-state index is 0.120. The van der Waals surface area contributed by atoms with Crippen LogP contribution in [0.3, 0.4) is 0 Å². The van der Waals surface area contributed by atoms with Gasteiger partial charge in [0, 0.05) is 37.4 Å². The molecule has 0 saturated carbocycles. The van der Waals surface area contributed by atoms with Crippen LogP contribution < -0.4 is 4.90 Å². The maximum atomic E-state index is 12.6. The SMILES string of the molecule is O=C(CSc1nn(-c2ccc(Cl)cc2)c(=S)s1)N1CCN(c2ccccn2)CC1. The number of pyridine rings is 1. The summed E-state index contributed by atoms with van der Waals surface area (Å²) in [4.78, 5) is 21.1. The summed E-state index contributed by atoms with van der Waals surface area (Å²) in [5.41, 5.74) is 0.861. The Labute approximate surface area is 187 Å². The number of thioether (sulfide) groups is 1. The molecule has 0 radical (unpaired) electrons. The summed E-state index contributed by atoms with van der Waals surface area (Å²) in [6, 6.07) is 13.2. The van der Waals surface area contributed by atoms with Crippen LogP contribution in [0.4, 0.5) is 5.82 Å². The molecule has 1 aliphatic heterocycles. The average molecular weight is 464 g/mol. The molecule has 3 heterocycles. The van der Waals surface area contributed by atoms with Gasteiger partial charge in [-0.05, 0) is 48.6 Å². The van der Waals surface area contributed by atoms with Crippen molar-refractivity contribution >= 4 is 58.6 Å². The molecular weight excluding hydrogens is 446 g/mol. The lowest BCUT2D eigenvalue weighted by molar-refractivity contribution is -0.128. The van der Waals surface area contributed by atoms with E-state index in [9.17, 15) is 4.79 Å². The molecule has 150 valence electrons. The predicted octanol–water partition coefficient (Wildman–Crippen LogP) is 4.15. The number of nitrogens with zero attached hydrogens (tertiary/aromatic N) is 5. The summed E-state index contributed by atoms with van der Waals surface area (Å²) in [6.45, 7) is 2.98. The lowest BCUT2D eigenvalue weighted by atomic mass is 10.3. The van der Waals surface area contributed by atoms with Crippen LogP contribution in [-0.4, -0.2) is 57.5 Å². The van der Waals surface area contributed by atoms with Crippen molar-refractivity contribution in [2.75, 3.05) is 36.8 Å². The minimum atomic E-state index is 0.120. The number of benzene rings is 1. The zero-order chi connectivity index (χ0) is 20.2. The molecule has 1 aromatic carbocycles. The van der Waals surface area contributed by atoms with Gasteiger partial charge in [0.05, 0.1) is 11.4 Å². The lowest BCUT2D eigenvalue weighted by Crippen LogP contribution is -2.49. The van der Waals surface area contributed by atoms with Gasteiger partial charge in [0.1, 0.15) is 5.82 Å². The highest BCUT2D eigenvalue weighted by Gasteiger charge is 2.22. The van der Waals surface area contributed by atoms with Crippen LogP contribution in [0.5, 0.6) is 0 Å². The minimum Gasteiger partial charge on any atom is -0.353 e. The van der Waals surface area contributed by atoms with Gasteiger partial charge in [-0.2, -0.15) is 0 Å². The van der Waals surface area contributed by atoms with Gasteiger partial charge in [-0.15, -0.1) is 5.10 Å². The Morgan fingerprint density at radius 3 is 2.59 bits per heavy atom. The van der Waals surface area contributed by atoms with Crippen molar-refractivity contribution in [3.8, 4) is 5.69 Å².